The zero-order valence-corrected chi connectivity index (χ0v) is 13.1. The number of rotatable bonds is 4. The molecule has 0 atom stereocenters. The predicted molar refractivity (Wildman–Crippen MR) is 82.7 cm³/mol. The van der Waals surface area contributed by atoms with Crippen LogP contribution < -0.4 is 0 Å². The fourth-order valence-corrected chi connectivity index (χ4v) is 3.09. The Balaban J connectivity index is 1.49. The third-order valence-corrected chi connectivity index (χ3v) is 4.63. The van der Waals surface area contributed by atoms with Crippen molar-refractivity contribution < 1.29 is 9.59 Å². The SMILES string of the molecule is CN(Cc1ccncc1)C(=O)C1CCN(C(=O)C2CC2)CC1. The molecular weight excluding hydrogens is 278 g/mol. The van der Waals surface area contributed by atoms with Gasteiger partial charge >= 0.3 is 0 Å². The van der Waals surface area contributed by atoms with Gasteiger partial charge in [-0.3, -0.25) is 14.6 Å². The van der Waals surface area contributed by atoms with E-state index in [9.17, 15) is 9.59 Å². The van der Waals surface area contributed by atoms with Crippen molar-refractivity contribution in [3.63, 3.8) is 0 Å². The molecule has 1 aromatic heterocycles. The average Bonchev–Trinajstić information content (AvgIpc) is 3.39. The standard InChI is InChI=1S/C17H23N3O2/c1-19(12-13-4-8-18-9-5-13)16(21)15-6-10-20(11-7-15)17(22)14-2-3-14/h4-5,8-9,14-15H,2-3,6-7,10-12H2,1H3. The van der Waals surface area contributed by atoms with Crippen molar-refractivity contribution in [1.82, 2.24) is 14.8 Å². The van der Waals surface area contributed by atoms with Gasteiger partial charge in [-0.25, -0.2) is 0 Å². The second-order valence-corrected chi connectivity index (χ2v) is 6.42. The van der Waals surface area contributed by atoms with Crippen LogP contribution in [0.3, 0.4) is 0 Å². The molecule has 1 saturated carbocycles. The highest BCUT2D eigenvalue weighted by Gasteiger charge is 2.36. The van der Waals surface area contributed by atoms with Gasteiger partial charge < -0.3 is 9.80 Å². The van der Waals surface area contributed by atoms with Gasteiger partial charge in [-0.05, 0) is 43.4 Å². The summed E-state index contributed by atoms with van der Waals surface area (Å²) in [6.45, 7) is 2.08. The van der Waals surface area contributed by atoms with E-state index in [4.69, 9.17) is 0 Å². The fraction of sp³-hybridized carbons (Fsp3) is 0.588. The molecule has 22 heavy (non-hydrogen) atoms. The third kappa shape index (κ3) is 3.46. The van der Waals surface area contributed by atoms with E-state index >= 15 is 0 Å². The lowest BCUT2D eigenvalue weighted by atomic mass is 9.95. The summed E-state index contributed by atoms with van der Waals surface area (Å²) < 4.78 is 0. The second-order valence-electron chi connectivity index (χ2n) is 6.42. The lowest BCUT2D eigenvalue weighted by Gasteiger charge is -2.33. The first kappa shape index (κ1) is 15.0. The molecule has 0 spiro atoms. The van der Waals surface area contributed by atoms with Crippen molar-refractivity contribution in [2.75, 3.05) is 20.1 Å². The number of carbonyl (C=O) groups is 2. The lowest BCUT2D eigenvalue weighted by Crippen LogP contribution is -2.43. The second kappa shape index (κ2) is 6.46. The topological polar surface area (TPSA) is 53.5 Å². The van der Waals surface area contributed by atoms with E-state index in [1.54, 1.807) is 17.3 Å². The van der Waals surface area contributed by atoms with Crippen LogP contribution in [0.15, 0.2) is 24.5 Å². The molecule has 1 aliphatic heterocycles. The van der Waals surface area contributed by atoms with E-state index in [2.05, 4.69) is 4.98 Å². The molecule has 0 bridgehead atoms. The van der Waals surface area contributed by atoms with Gasteiger partial charge in [-0.15, -0.1) is 0 Å². The monoisotopic (exact) mass is 301 g/mol. The molecule has 2 heterocycles. The number of likely N-dealkylation sites (tertiary alicyclic amines) is 1. The van der Waals surface area contributed by atoms with E-state index in [0.29, 0.717) is 12.5 Å². The molecule has 0 radical (unpaired) electrons. The van der Waals surface area contributed by atoms with Crippen LogP contribution in [0.25, 0.3) is 0 Å². The smallest absolute Gasteiger partial charge is 0.225 e. The van der Waals surface area contributed by atoms with E-state index in [-0.39, 0.29) is 17.7 Å². The molecule has 5 nitrogen and oxygen atoms in total. The Morgan fingerprint density at radius 3 is 2.36 bits per heavy atom. The summed E-state index contributed by atoms with van der Waals surface area (Å²) in [7, 11) is 1.85. The molecule has 1 aliphatic carbocycles. The van der Waals surface area contributed by atoms with Crippen LogP contribution in [0.1, 0.15) is 31.2 Å². The van der Waals surface area contributed by atoms with Gasteiger partial charge in [0.1, 0.15) is 0 Å². The van der Waals surface area contributed by atoms with E-state index in [1.807, 2.05) is 24.1 Å². The van der Waals surface area contributed by atoms with Gasteiger partial charge in [0, 0.05) is 50.9 Å². The van der Waals surface area contributed by atoms with E-state index in [1.165, 1.54) is 0 Å². The van der Waals surface area contributed by atoms with Crippen LogP contribution >= 0.6 is 0 Å². The summed E-state index contributed by atoms with van der Waals surface area (Å²) in [5, 5.41) is 0. The first-order valence-electron chi connectivity index (χ1n) is 8.08. The minimum absolute atomic E-state index is 0.0510. The quantitative estimate of drug-likeness (QED) is 0.850. The molecule has 0 N–H and O–H groups in total. The molecule has 2 amide bonds. The van der Waals surface area contributed by atoms with Crippen molar-refractivity contribution in [2.24, 2.45) is 11.8 Å². The minimum Gasteiger partial charge on any atom is -0.342 e. The number of carbonyl (C=O) groups excluding carboxylic acids is 2. The van der Waals surface area contributed by atoms with Gasteiger partial charge in [-0.2, -0.15) is 0 Å². The van der Waals surface area contributed by atoms with Crippen molar-refractivity contribution in [3.8, 4) is 0 Å². The molecule has 1 saturated heterocycles. The van der Waals surface area contributed by atoms with Crippen molar-refractivity contribution in [3.05, 3.63) is 30.1 Å². The van der Waals surface area contributed by atoms with Gasteiger partial charge in [0.25, 0.3) is 0 Å². The van der Waals surface area contributed by atoms with E-state index < -0.39 is 0 Å². The maximum absolute atomic E-state index is 12.5. The van der Waals surface area contributed by atoms with Gasteiger partial charge in [0.05, 0.1) is 0 Å². The molecular formula is C17H23N3O2. The molecule has 0 aromatic carbocycles. The number of nitrogens with zero attached hydrogens (tertiary/aromatic N) is 3. The minimum atomic E-state index is 0.0510. The van der Waals surface area contributed by atoms with Crippen LogP contribution in [-0.4, -0.2) is 46.7 Å². The number of piperidine rings is 1. The van der Waals surface area contributed by atoms with Crippen LogP contribution in [0.4, 0.5) is 0 Å². The number of aromatic nitrogens is 1. The Morgan fingerprint density at radius 1 is 1.14 bits per heavy atom. The molecule has 2 fully saturated rings. The number of hydrogen-bond donors (Lipinski definition) is 0. The molecule has 2 aliphatic rings. The average molecular weight is 301 g/mol. The lowest BCUT2D eigenvalue weighted by molar-refractivity contribution is -0.140. The summed E-state index contributed by atoms with van der Waals surface area (Å²) in [5.74, 6) is 0.822. The summed E-state index contributed by atoms with van der Waals surface area (Å²) in [4.78, 5) is 32.3. The number of hydrogen-bond acceptors (Lipinski definition) is 3. The van der Waals surface area contributed by atoms with Crippen molar-refractivity contribution in [2.45, 2.75) is 32.2 Å². The number of amides is 2. The van der Waals surface area contributed by atoms with Gasteiger partial charge in [0.15, 0.2) is 0 Å². The van der Waals surface area contributed by atoms with Crippen LogP contribution in [0, 0.1) is 11.8 Å². The molecule has 118 valence electrons. The Kier molecular flexibility index (Phi) is 4.41. The molecule has 3 rings (SSSR count). The van der Waals surface area contributed by atoms with Crippen molar-refractivity contribution in [1.29, 1.82) is 0 Å². The van der Waals surface area contributed by atoms with E-state index in [0.717, 1.165) is 44.3 Å². The predicted octanol–water partition coefficient (Wildman–Crippen LogP) is 1.69. The summed E-state index contributed by atoms with van der Waals surface area (Å²) in [5.41, 5.74) is 1.09. The first-order valence-corrected chi connectivity index (χ1v) is 8.08. The normalized spacial score (nSPS) is 19.0. The molecule has 5 heteroatoms. The molecule has 0 unspecified atom stereocenters. The zero-order chi connectivity index (χ0) is 15.5. The Labute approximate surface area is 131 Å². The van der Waals surface area contributed by atoms with Crippen LogP contribution in [-0.2, 0) is 16.1 Å². The van der Waals surface area contributed by atoms with Crippen LogP contribution in [0.5, 0.6) is 0 Å². The maximum atomic E-state index is 12.5. The molecule has 1 aromatic rings. The summed E-state index contributed by atoms with van der Waals surface area (Å²) in [6, 6.07) is 3.86. The highest BCUT2D eigenvalue weighted by atomic mass is 16.2. The highest BCUT2D eigenvalue weighted by Crippen LogP contribution is 2.32. The Bertz CT molecular complexity index is 534. The van der Waals surface area contributed by atoms with Gasteiger partial charge in [-0.1, -0.05) is 0 Å². The highest BCUT2D eigenvalue weighted by molar-refractivity contribution is 5.82. The Hall–Kier alpha value is -1.91. The third-order valence-electron chi connectivity index (χ3n) is 4.63. The Morgan fingerprint density at radius 2 is 1.77 bits per heavy atom. The fourth-order valence-electron chi connectivity index (χ4n) is 3.09. The number of pyridine rings is 1. The van der Waals surface area contributed by atoms with Crippen molar-refractivity contribution >= 4 is 11.8 Å². The summed E-state index contributed by atoms with van der Waals surface area (Å²) in [6.07, 6.45) is 7.17. The largest absolute Gasteiger partial charge is 0.342 e. The first-order chi connectivity index (χ1) is 10.6. The maximum Gasteiger partial charge on any atom is 0.225 e. The van der Waals surface area contributed by atoms with Crippen LogP contribution in [0.2, 0.25) is 0 Å². The van der Waals surface area contributed by atoms with Gasteiger partial charge in [0.2, 0.25) is 11.8 Å². The zero-order valence-electron chi connectivity index (χ0n) is 13.1. The summed E-state index contributed by atoms with van der Waals surface area (Å²) >= 11 is 0.